The Hall–Kier alpha value is -2.02. The molecule has 0 spiro atoms. The maximum absolute atomic E-state index is 12.4. The Morgan fingerprint density at radius 1 is 1.00 bits per heavy atom. The average molecular weight is 708 g/mol. The standard InChI is InChI=1S/C21H31N2O17P3S/c1-12-8-23(21(25)22-20(12)24)19-7-17(18(38-19)9-37-42(29,30)40-43(31,32)39-41(26,27)28)36-11-44-10-14-15(34-3)5-13(33-2)6-16(14)35-4/h5-6,8,17-19H,7,9-11H2,1-4H3,(H,29,30)(H,31,32)(H,22,24,25)(H2,26,27,28)/t17-,18+,19+/m0/s1. The maximum atomic E-state index is 12.4. The Morgan fingerprint density at radius 2 is 1.64 bits per heavy atom. The van der Waals surface area contributed by atoms with Crippen LogP contribution in [0.15, 0.2) is 27.9 Å². The fraction of sp³-hybridized carbons (Fsp3) is 0.524. The molecule has 1 aromatic carbocycles. The van der Waals surface area contributed by atoms with E-state index < -0.39 is 59.8 Å². The number of ether oxygens (including phenoxy) is 5. The van der Waals surface area contributed by atoms with Crippen molar-refractivity contribution in [2.24, 2.45) is 0 Å². The summed E-state index contributed by atoms with van der Waals surface area (Å²) in [6, 6.07) is 3.36. The SMILES string of the molecule is COc1cc(OC)c(CSCO[C@H]2C[C@H](n3cc(C)c(=O)[nH]c3=O)O[C@@H]2COP(=O)(O)OP(=O)(O)OP(=O)(O)O)c(OC)c1. The number of aromatic nitrogens is 2. The molecule has 2 aromatic rings. The van der Waals surface area contributed by atoms with E-state index in [1.54, 1.807) is 12.1 Å². The Labute approximate surface area is 253 Å². The molecule has 0 radical (unpaired) electrons. The van der Waals surface area contributed by atoms with Crippen molar-refractivity contribution in [2.75, 3.05) is 33.9 Å². The van der Waals surface area contributed by atoms with E-state index in [0.717, 1.165) is 4.57 Å². The van der Waals surface area contributed by atoms with Crippen LogP contribution in [0.4, 0.5) is 0 Å². The zero-order chi connectivity index (χ0) is 32.9. The predicted molar refractivity (Wildman–Crippen MR) is 152 cm³/mol. The smallest absolute Gasteiger partial charge is 0.490 e. The number of hydrogen-bond acceptors (Lipinski definition) is 14. The molecule has 44 heavy (non-hydrogen) atoms. The molecule has 1 aromatic heterocycles. The van der Waals surface area contributed by atoms with Crippen LogP contribution in [0.2, 0.25) is 0 Å². The second kappa shape index (κ2) is 15.0. The molecule has 23 heteroatoms. The molecule has 0 bridgehead atoms. The van der Waals surface area contributed by atoms with E-state index >= 15 is 0 Å². The molecule has 1 aliphatic heterocycles. The van der Waals surface area contributed by atoms with E-state index in [4.69, 9.17) is 38.0 Å². The first-order valence-corrected chi connectivity index (χ1v) is 17.9. The van der Waals surface area contributed by atoms with Gasteiger partial charge in [0.2, 0.25) is 0 Å². The number of methoxy groups -OCH3 is 3. The van der Waals surface area contributed by atoms with Gasteiger partial charge in [-0.1, -0.05) is 0 Å². The number of nitrogens with one attached hydrogen (secondary N) is 1. The van der Waals surface area contributed by atoms with Crippen LogP contribution < -0.4 is 25.5 Å². The van der Waals surface area contributed by atoms with E-state index in [1.807, 2.05) is 0 Å². The van der Waals surface area contributed by atoms with Gasteiger partial charge in [0.25, 0.3) is 5.56 Å². The first kappa shape index (κ1) is 36.4. The first-order chi connectivity index (χ1) is 20.5. The van der Waals surface area contributed by atoms with Crippen molar-refractivity contribution in [3.05, 3.63) is 50.3 Å². The van der Waals surface area contributed by atoms with Crippen molar-refractivity contribution in [1.29, 1.82) is 0 Å². The van der Waals surface area contributed by atoms with Gasteiger partial charge >= 0.3 is 29.2 Å². The minimum Gasteiger partial charge on any atom is -0.496 e. The zero-order valence-corrected chi connectivity index (χ0v) is 27.1. The van der Waals surface area contributed by atoms with Gasteiger partial charge < -0.3 is 43.3 Å². The summed E-state index contributed by atoms with van der Waals surface area (Å²) in [5, 5.41) is 0. The van der Waals surface area contributed by atoms with E-state index in [2.05, 4.69) is 13.6 Å². The average Bonchev–Trinajstić information content (AvgIpc) is 3.32. The maximum Gasteiger partial charge on any atom is 0.490 e. The number of phosphoric acid groups is 3. The monoisotopic (exact) mass is 708 g/mol. The van der Waals surface area contributed by atoms with Crippen molar-refractivity contribution >= 4 is 35.2 Å². The van der Waals surface area contributed by atoms with E-state index in [9.17, 15) is 33.1 Å². The number of rotatable bonds is 16. The van der Waals surface area contributed by atoms with Crippen LogP contribution in [0.25, 0.3) is 0 Å². The van der Waals surface area contributed by atoms with Gasteiger partial charge in [-0.2, -0.15) is 8.62 Å². The summed E-state index contributed by atoms with van der Waals surface area (Å²) in [5.74, 6) is 1.88. The Morgan fingerprint density at radius 3 is 2.20 bits per heavy atom. The molecule has 5 N–H and O–H groups in total. The summed E-state index contributed by atoms with van der Waals surface area (Å²) < 4.78 is 75.9. The van der Waals surface area contributed by atoms with Gasteiger partial charge in [0.05, 0.1) is 40.0 Å². The predicted octanol–water partition coefficient (Wildman–Crippen LogP) is 1.78. The quantitative estimate of drug-likeness (QED) is 0.0945. The molecule has 0 aliphatic carbocycles. The van der Waals surface area contributed by atoms with Gasteiger partial charge in [-0.05, 0) is 6.92 Å². The van der Waals surface area contributed by atoms with Crippen LogP contribution in [-0.4, -0.2) is 75.2 Å². The Kier molecular flexibility index (Phi) is 12.5. The topological polar surface area (TPSA) is 261 Å². The van der Waals surface area contributed by atoms with Crippen LogP contribution in [0.5, 0.6) is 17.2 Å². The summed E-state index contributed by atoms with van der Waals surface area (Å²) in [4.78, 5) is 63.1. The fourth-order valence-electron chi connectivity index (χ4n) is 3.97. The molecule has 1 aliphatic rings. The lowest BCUT2D eigenvalue weighted by Crippen LogP contribution is -2.33. The third-order valence-corrected chi connectivity index (χ3v) is 10.5. The third kappa shape index (κ3) is 10.3. The lowest BCUT2D eigenvalue weighted by molar-refractivity contribution is -0.0544. The van der Waals surface area contributed by atoms with E-state index in [1.165, 1.54) is 46.2 Å². The summed E-state index contributed by atoms with van der Waals surface area (Å²) in [7, 11) is -12.3. The molecule has 3 rings (SSSR count). The van der Waals surface area contributed by atoms with Crippen molar-refractivity contribution in [1.82, 2.24) is 9.55 Å². The van der Waals surface area contributed by atoms with Gasteiger partial charge in [0.15, 0.2) is 0 Å². The number of aryl methyl sites for hydroxylation is 1. The number of H-pyrrole nitrogens is 1. The fourth-order valence-corrected chi connectivity index (χ4v) is 7.84. The molecular weight excluding hydrogens is 677 g/mol. The highest BCUT2D eigenvalue weighted by molar-refractivity contribution is 7.98. The lowest BCUT2D eigenvalue weighted by atomic mass is 10.2. The lowest BCUT2D eigenvalue weighted by Gasteiger charge is -2.21. The van der Waals surface area contributed by atoms with Crippen LogP contribution >= 0.6 is 35.2 Å². The normalized spacial score (nSPS) is 21.4. The third-order valence-electron chi connectivity index (χ3n) is 5.88. The number of nitrogens with zero attached hydrogens (tertiary/aromatic N) is 1. The summed E-state index contributed by atoms with van der Waals surface area (Å²) >= 11 is 1.28. The first-order valence-electron chi connectivity index (χ1n) is 12.2. The number of benzene rings is 1. The summed E-state index contributed by atoms with van der Waals surface area (Å²) in [5.41, 5.74) is -0.516. The van der Waals surface area contributed by atoms with Gasteiger partial charge in [0, 0.05) is 41.6 Å². The van der Waals surface area contributed by atoms with Gasteiger partial charge in [-0.25, -0.2) is 18.5 Å². The number of phosphoric ester groups is 1. The number of thioether (sulfide) groups is 1. The van der Waals surface area contributed by atoms with Crippen LogP contribution in [-0.2, 0) is 42.1 Å². The molecule has 248 valence electrons. The second-order valence-electron chi connectivity index (χ2n) is 8.91. The Balaban J connectivity index is 1.74. The molecular formula is C21H31N2O17P3S. The van der Waals surface area contributed by atoms with Crippen molar-refractivity contribution < 1.29 is 70.1 Å². The largest absolute Gasteiger partial charge is 0.496 e. The highest BCUT2D eigenvalue weighted by Crippen LogP contribution is 2.66. The van der Waals surface area contributed by atoms with Crippen molar-refractivity contribution in [2.45, 2.75) is 37.5 Å². The van der Waals surface area contributed by atoms with Gasteiger partial charge in [-0.15, -0.1) is 11.8 Å². The minimum atomic E-state index is -5.74. The number of aromatic amines is 1. The molecule has 19 nitrogen and oxygen atoms in total. The molecule has 2 unspecified atom stereocenters. The minimum absolute atomic E-state index is 0.00838. The Bertz CT molecular complexity index is 1550. The summed E-state index contributed by atoms with van der Waals surface area (Å²) in [6.07, 6.45) is -1.88. The van der Waals surface area contributed by atoms with Crippen LogP contribution in [0.3, 0.4) is 0 Å². The molecule has 0 amide bonds. The van der Waals surface area contributed by atoms with Crippen LogP contribution in [0, 0.1) is 6.92 Å². The molecule has 5 atom stereocenters. The molecule has 1 fully saturated rings. The van der Waals surface area contributed by atoms with E-state index in [0.29, 0.717) is 28.6 Å². The number of hydrogen-bond donors (Lipinski definition) is 5. The molecule has 2 heterocycles. The van der Waals surface area contributed by atoms with Crippen LogP contribution in [0.1, 0.15) is 23.8 Å². The zero-order valence-electron chi connectivity index (χ0n) is 23.6. The second-order valence-corrected chi connectivity index (χ2v) is 14.3. The highest BCUT2D eigenvalue weighted by Gasteiger charge is 2.43. The molecule has 1 saturated heterocycles. The molecule has 0 saturated carbocycles. The van der Waals surface area contributed by atoms with Crippen molar-refractivity contribution in [3.8, 4) is 17.2 Å². The van der Waals surface area contributed by atoms with E-state index in [-0.39, 0.29) is 17.9 Å². The summed E-state index contributed by atoms with van der Waals surface area (Å²) in [6.45, 7) is 0.648. The van der Waals surface area contributed by atoms with Gasteiger partial charge in [0.1, 0.15) is 29.6 Å². The van der Waals surface area contributed by atoms with Gasteiger partial charge in [-0.3, -0.25) is 18.9 Å². The van der Waals surface area contributed by atoms with Crippen molar-refractivity contribution in [3.63, 3.8) is 0 Å². The highest BCUT2D eigenvalue weighted by atomic mass is 32.2.